The number of alkyl halides is 3. The fourth-order valence-electron chi connectivity index (χ4n) is 3.82. The van der Waals surface area contributed by atoms with Gasteiger partial charge in [0.1, 0.15) is 16.5 Å². The number of amides is 1. The predicted molar refractivity (Wildman–Crippen MR) is 145 cm³/mol. The molecule has 8 nitrogen and oxygen atoms in total. The minimum Gasteiger partial charge on any atom is -0.495 e. The van der Waals surface area contributed by atoms with Gasteiger partial charge in [-0.25, -0.2) is 4.98 Å². The summed E-state index contributed by atoms with van der Waals surface area (Å²) >= 11 is 2.70. The number of pyridine rings is 1. The maximum absolute atomic E-state index is 13.0. The lowest BCUT2D eigenvalue weighted by atomic mass is 10.1. The van der Waals surface area contributed by atoms with Crippen LogP contribution in [0.25, 0.3) is 17.1 Å². The van der Waals surface area contributed by atoms with Gasteiger partial charge in [-0.3, -0.25) is 14.3 Å². The zero-order valence-electron chi connectivity index (χ0n) is 20.9. The Morgan fingerprint density at radius 1 is 1.07 bits per heavy atom. The van der Waals surface area contributed by atoms with E-state index in [1.165, 1.54) is 35.2 Å². The highest BCUT2D eigenvalue weighted by Gasteiger charge is 2.30. The number of nitrogens with zero attached hydrogens (tertiary/aromatic N) is 5. The maximum Gasteiger partial charge on any atom is 0.416 e. The van der Waals surface area contributed by atoms with Gasteiger partial charge in [0.25, 0.3) is 5.91 Å². The van der Waals surface area contributed by atoms with Crippen molar-refractivity contribution in [2.75, 3.05) is 7.11 Å². The monoisotopic (exact) mass is 582 g/mol. The van der Waals surface area contributed by atoms with Gasteiger partial charge in [-0.1, -0.05) is 36.0 Å². The van der Waals surface area contributed by atoms with Crippen molar-refractivity contribution in [3.8, 4) is 22.8 Å². The number of hydrogen-bond acceptors (Lipinski definition) is 8. The van der Waals surface area contributed by atoms with E-state index in [1.807, 2.05) is 41.0 Å². The molecule has 0 fully saturated rings. The van der Waals surface area contributed by atoms with Gasteiger partial charge < -0.3 is 10.1 Å². The number of benzene rings is 2. The number of thioether (sulfide) groups is 1. The molecule has 40 heavy (non-hydrogen) atoms. The Labute approximate surface area is 235 Å². The Balaban J connectivity index is 1.30. The van der Waals surface area contributed by atoms with E-state index in [9.17, 15) is 18.0 Å². The molecule has 5 rings (SSSR count). The summed E-state index contributed by atoms with van der Waals surface area (Å²) in [6.07, 6.45) is -1.09. The van der Waals surface area contributed by atoms with Gasteiger partial charge in [0, 0.05) is 29.9 Å². The molecule has 1 N–H and O–H groups in total. The number of para-hydroxylation sites is 2. The minimum atomic E-state index is -4.45. The molecule has 204 valence electrons. The molecule has 0 aliphatic rings. The first-order valence-electron chi connectivity index (χ1n) is 11.8. The third-order valence-electron chi connectivity index (χ3n) is 5.71. The van der Waals surface area contributed by atoms with Crippen LogP contribution in [0.3, 0.4) is 0 Å². The molecule has 0 bridgehead atoms. The van der Waals surface area contributed by atoms with E-state index in [1.54, 1.807) is 24.9 Å². The average molecular weight is 583 g/mol. The summed E-state index contributed by atoms with van der Waals surface area (Å²) < 4.78 is 46.4. The Bertz CT molecular complexity index is 1620. The fraction of sp³-hybridized carbons (Fsp3) is 0.148. The summed E-state index contributed by atoms with van der Waals surface area (Å²) in [5.74, 6) is 1.20. The fourth-order valence-corrected chi connectivity index (χ4v) is 5.56. The molecule has 13 heteroatoms. The molecule has 2 aromatic carbocycles. The number of aromatic nitrogens is 5. The molecule has 0 radical (unpaired) electrons. The molecule has 5 aromatic rings. The molecule has 0 unspecified atom stereocenters. The summed E-state index contributed by atoms with van der Waals surface area (Å²) in [7, 11) is 1.59. The van der Waals surface area contributed by atoms with E-state index in [2.05, 4.69) is 25.5 Å². The second-order valence-electron chi connectivity index (χ2n) is 8.35. The number of nitrogens with one attached hydrogen (secondary N) is 1. The Morgan fingerprint density at radius 3 is 2.65 bits per heavy atom. The van der Waals surface area contributed by atoms with Crippen LogP contribution in [0.5, 0.6) is 5.75 Å². The highest BCUT2D eigenvalue weighted by Crippen LogP contribution is 2.34. The minimum absolute atomic E-state index is 0.0514. The van der Waals surface area contributed by atoms with Crippen molar-refractivity contribution in [1.29, 1.82) is 0 Å². The van der Waals surface area contributed by atoms with Crippen molar-refractivity contribution in [2.24, 2.45) is 0 Å². The van der Waals surface area contributed by atoms with E-state index in [4.69, 9.17) is 4.74 Å². The van der Waals surface area contributed by atoms with Gasteiger partial charge in [0.05, 0.1) is 24.1 Å². The van der Waals surface area contributed by atoms with E-state index in [-0.39, 0.29) is 12.2 Å². The first kappa shape index (κ1) is 27.3. The molecule has 0 spiro atoms. The van der Waals surface area contributed by atoms with Gasteiger partial charge in [-0.05, 0) is 42.0 Å². The van der Waals surface area contributed by atoms with Crippen molar-refractivity contribution < 1.29 is 22.7 Å². The van der Waals surface area contributed by atoms with Crippen LogP contribution in [0, 0.1) is 0 Å². The van der Waals surface area contributed by atoms with Crippen molar-refractivity contribution in [1.82, 2.24) is 30.0 Å². The van der Waals surface area contributed by atoms with Gasteiger partial charge in [-0.15, -0.1) is 21.5 Å². The molecule has 0 saturated carbocycles. The Hall–Kier alpha value is -4.23. The van der Waals surface area contributed by atoms with Crippen molar-refractivity contribution in [2.45, 2.75) is 23.6 Å². The summed E-state index contributed by atoms with van der Waals surface area (Å²) in [5.41, 5.74) is 1.36. The van der Waals surface area contributed by atoms with E-state index >= 15 is 0 Å². The second kappa shape index (κ2) is 11.9. The van der Waals surface area contributed by atoms with Crippen LogP contribution in [0.1, 0.15) is 26.6 Å². The largest absolute Gasteiger partial charge is 0.495 e. The number of ether oxygens (including phenoxy) is 1. The molecule has 0 aliphatic heterocycles. The summed E-state index contributed by atoms with van der Waals surface area (Å²) in [4.78, 5) is 21.1. The molecule has 0 aliphatic carbocycles. The molecular formula is C27H21F3N6O2S2. The number of hydrogen-bond donors (Lipinski definition) is 1. The molecule has 0 atom stereocenters. The smallest absolute Gasteiger partial charge is 0.416 e. The van der Waals surface area contributed by atoms with E-state index in [0.717, 1.165) is 23.4 Å². The average Bonchev–Trinajstić information content (AvgIpc) is 3.62. The second-order valence-corrected chi connectivity index (χ2v) is 10.2. The number of halogens is 3. The zero-order chi connectivity index (χ0) is 28.1. The lowest BCUT2D eigenvalue weighted by Gasteiger charge is -2.13. The summed E-state index contributed by atoms with van der Waals surface area (Å²) in [5, 5.41) is 14.3. The quantitative estimate of drug-likeness (QED) is 0.212. The number of carbonyl (C=O) groups is 1. The van der Waals surface area contributed by atoms with Crippen LogP contribution in [-0.2, 0) is 18.5 Å². The van der Waals surface area contributed by atoms with Gasteiger partial charge in [0.15, 0.2) is 11.0 Å². The zero-order valence-corrected chi connectivity index (χ0v) is 22.6. The molecule has 0 saturated heterocycles. The SMILES string of the molecule is COc1ccccc1-n1c(SCc2nc(C(=O)NCc3cccc(C(F)(F)F)c3)cs2)nnc1-c1ccncc1. The van der Waals surface area contributed by atoms with E-state index < -0.39 is 17.6 Å². The van der Waals surface area contributed by atoms with Crippen LogP contribution in [0.4, 0.5) is 13.2 Å². The van der Waals surface area contributed by atoms with Crippen molar-refractivity contribution >= 4 is 29.0 Å². The summed E-state index contributed by atoms with van der Waals surface area (Å²) in [6.45, 7) is -0.0514. The number of methoxy groups -OCH3 is 1. The molecule has 1 amide bonds. The number of rotatable bonds is 9. The van der Waals surface area contributed by atoms with Crippen LogP contribution in [0.2, 0.25) is 0 Å². The van der Waals surface area contributed by atoms with Gasteiger partial charge in [-0.2, -0.15) is 13.2 Å². The van der Waals surface area contributed by atoms with Crippen molar-refractivity contribution in [3.05, 3.63) is 100 Å². The predicted octanol–water partition coefficient (Wildman–Crippen LogP) is 6.04. The van der Waals surface area contributed by atoms with Crippen LogP contribution in [-0.4, -0.2) is 37.7 Å². The van der Waals surface area contributed by atoms with Crippen LogP contribution in [0.15, 0.2) is 83.6 Å². The first-order chi connectivity index (χ1) is 19.3. The standard InChI is InChI=1S/C27H21F3N6O2S2/c1-38-22-8-3-2-7-21(22)36-24(18-9-11-31-12-10-18)34-35-26(36)40-16-23-33-20(15-39-23)25(37)32-14-17-5-4-6-19(13-17)27(28,29)30/h2-13,15H,14,16H2,1H3,(H,32,37). The number of carbonyl (C=O) groups excluding carboxylic acids is 1. The lowest BCUT2D eigenvalue weighted by Crippen LogP contribution is -2.23. The third-order valence-corrected chi connectivity index (χ3v) is 7.69. The van der Waals surface area contributed by atoms with Crippen LogP contribution >= 0.6 is 23.1 Å². The third kappa shape index (κ3) is 6.15. The van der Waals surface area contributed by atoms with Gasteiger partial charge >= 0.3 is 6.18 Å². The van der Waals surface area contributed by atoms with Crippen LogP contribution < -0.4 is 10.1 Å². The molecule has 3 aromatic heterocycles. The number of thiazole rings is 1. The topological polar surface area (TPSA) is 94.8 Å². The highest BCUT2D eigenvalue weighted by molar-refractivity contribution is 7.98. The maximum atomic E-state index is 13.0. The normalized spacial score (nSPS) is 11.4. The Morgan fingerprint density at radius 2 is 1.88 bits per heavy atom. The van der Waals surface area contributed by atoms with E-state index in [0.29, 0.717) is 33.1 Å². The summed E-state index contributed by atoms with van der Waals surface area (Å²) in [6, 6.07) is 16.1. The van der Waals surface area contributed by atoms with Gasteiger partial charge in [0.2, 0.25) is 0 Å². The first-order valence-corrected chi connectivity index (χ1v) is 13.7. The van der Waals surface area contributed by atoms with Crippen molar-refractivity contribution in [3.63, 3.8) is 0 Å². The Kier molecular flexibility index (Phi) is 8.12. The molecular weight excluding hydrogens is 561 g/mol. The lowest BCUT2D eigenvalue weighted by molar-refractivity contribution is -0.137. The highest BCUT2D eigenvalue weighted by atomic mass is 32.2. The molecule has 3 heterocycles.